The molecule has 1 amide bonds. The summed E-state index contributed by atoms with van der Waals surface area (Å²) in [6, 6.07) is 5.93. The highest BCUT2D eigenvalue weighted by molar-refractivity contribution is 5.93. The maximum Gasteiger partial charge on any atom is 0.358 e. The molecule has 1 heterocycles. The van der Waals surface area contributed by atoms with Crippen molar-refractivity contribution in [2.75, 3.05) is 11.4 Å². The van der Waals surface area contributed by atoms with Gasteiger partial charge in [-0.1, -0.05) is 17.3 Å². The first-order valence-electron chi connectivity index (χ1n) is 6.21. The first-order chi connectivity index (χ1) is 10.0. The third-order valence-electron chi connectivity index (χ3n) is 2.82. The number of carboxylic acids is 1. The molecule has 0 saturated carbocycles. The molecule has 1 aromatic heterocycles. The first-order valence-corrected chi connectivity index (χ1v) is 6.21. The molecule has 0 aliphatic carbocycles. The van der Waals surface area contributed by atoms with Crippen LogP contribution in [0.15, 0.2) is 30.5 Å². The van der Waals surface area contributed by atoms with Crippen molar-refractivity contribution >= 4 is 17.6 Å². The topological polar surface area (TPSA) is 88.3 Å². The highest BCUT2D eigenvalue weighted by Gasteiger charge is 2.18. The van der Waals surface area contributed by atoms with E-state index < -0.39 is 17.7 Å². The van der Waals surface area contributed by atoms with Crippen LogP contribution >= 0.6 is 0 Å². The van der Waals surface area contributed by atoms with E-state index in [2.05, 4.69) is 10.3 Å². The fourth-order valence-electron chi connectivity index (χ4n) is 1.85. The van der Waals surface area contributed by atoms with Gasteiger partial charge in [0.05, 0.1) is 11.9 Å². The third kappa shape index (κ3) is 3.22. The van der Waals surface area contributed by atoms with Crippen LogP contribution < -0.4 is 4.90 Å². The molecule has 0 fully saturated rings. The summed E-state index contributed by atoms with van der Waals surface area (Å²) in [6.45, 7) is 1.77. The Hall–Kier alpha value is -2.77. The Kier molecular flexibility index (Phi) is 4.27. The summed E-state index contributed by atoms with van der Waals surface area (Å²) >= 11 is 0. The highest BCUT2D eigenvalue weighted by atomic mass is 19.1. The Morgan fingerprint density at radius 2 is 2.10 bits per heavy atom. The maximum absolute atomic E-state index is 13.7. The Balaban J connectivity index is 2.17. The smallest absolute Gasteiger partial charge is 0.358 e. The fraction of sp³-hybridized carbons (Fsp3) is 0.231. The Morgan fingerprint density at radius 3 is 2.67 bits per heavy atom. The van der Waals surface area contributed by atoms with Crippen LogP contribution in [0.4, 0.5) is 10.1 Å². The zero-order chi connectivity index (χ0) is 15.4. The van der Waals surface area contributed by atoms with Gasteiger partial charge in [0.2, 0.25) is 5.91 Å². The van der Waals surface area contributed by atoms with Gasteiger partial charge < -0.3 is 10.0 Å². The Bertz CT molecular complexity index is 671. The molecule has 2 aromatic rings. The SMILES string of the molecule is CCN(C(=O)Cn1cc(C(=O)O)nn1)c1ccccc1F. The van der Waals surface area contributed by atoms with Crippen LogP contribution in [0.2, 0.25) is 0 Å². The summed E-state index contributed by atoms with van der Waals surface area (Å²) in [4.78, 5) is 24.2. The number of carboxylic acid groups (broad SMARTS) is 1. The molecular weight excluding hydrogens is 279 g/mol. The van der Waals surface area contributed by atoms with E-state index in [9.17, 15) is 14.0 Å². The average Bonchev–Trinajstić information content (AvgIpc) is 2.90. The van der Waals surface area contributed by atoms with E-state index in [1.807, 2.05) is 0 Å². The minimum atomic E-state index is -1.23. The summed E-state index contributed by atoms with van der Waals surface area (Å²) in [5.74, 6) is -2.14. The number of benzene rings is 1. The maximum atomic E-state index is 13.7. The van der Waals surface area contributed by atoms with Crippen LogP contribution in [0.25, 0.3) is 0 Å². The van der Waals surface area contributed by atoms with Crippen molar-refractivity contribution in [2.24, 2.45) is 0 Å². The normalized spacial score (nSPS) is 10.4. The molecule has 0 bridgehead atoms. The van der Waals surface area contributed by atoms with E-state index in [1.54, 1.807) is 13.0 Å². The lowest BCUT2D eigenvalue weighted by molar-refractivity contribution is -0.119. The number of likely N-dealkylation sites (N-methyl/N-ethyl adjacent to an activating group) is 1. The molecule has 0 saturated heterocycles. The molecule has 8 heteroatoms. The number of para-hydroxylation sites is 1. The van der Waals surface area contributed by atoms with E-state index in [0.29, 0.717) is 0 Å². The molecular formula is C13H13FN4O3. The number of hydrogen-bond acceptors (Lipinski definition) is 4. The van der Waals surface area contributed by atoms with Crippen molar-refractivity contribution < 1.29 is 19.1 Å². The Labute approximate surface area is 119 Å². The number of halogens is 1. The number of anilines is 1. The standard InChI is InChI=1S/C13H13FN4O3/c1-2-18(11-6-4-3-5-9(11)14)12(19)8-17-7-10(13(20)21)15-16-17/h3-7H,2,8H2,1H3,(H,20,21). The van der Waals surface area contributed by atoms with Gasteiger partial charge in [0.1, 0.15) is 12.4 Å². The molecule has 21 heavy (non-hydrogen) atoms. The highest BCUT2D eigenvalue weighted by Crippen LogP contribution is 2.18. The zero-order valence-corrected chi connectivity index (χ0v) is 11.2. The van der Waals surface area contributed by atoms with Crippen LogP contribution in [-0.2, 0) is 11.3 Å². The van der Waals surface area contributed by atoms with Crippen molar-refractivity contribution in [1.82, 2.24) is 15.0 Å². The molecule has 110 valence electrons. The summed E-state index contributed by atoms with van der Waals surface area (Å²) in [7, 11) is 0. The molecule has 0 radical (unpaired) electrons. The van der Waals surface area contributed by atoms with E-state index in [-0.39, 0.29) is 24.5 Å². The predicted molar refractivity (Wildman–Crippen MR) is 71.4 cm³/mol. The molecule has 1 aromatic carbocycles. The van der Waals surface area contributed by atoms with E-state index in [4.69, 9.17) is 5.11 Å². The lowest BCUT2D eigenvalue weighted by atomic mass is 10.2. The molecule has 0 spiro atoms. The van der Waals surface area contributed by atoms with Crippen molar-refractivity contribution in [3.05, 3.63) is 42.0 Å². The zero-order valence-electron chi connectivity index (χ0n) is 11.2. The van der Waals surface area contributed by atoms with Gasteiger partial charge in [0.25, 0.3) is 0 Å². The van der Waals surface area contributed by atoms with Crippen LogP contribution in [-0.4, -0.2) is 38.5 Å². The van der Waals surface area contributed by atoms with Crippen molar-refractivity contribution in [3.8, 4) is 0 Å². The number of hydrogen-bond donors (Lipinski definition) is 1. The van der Waals surface area contributed by atoms with Gasteiger partial charge in [-0.15, -0.1) is 5.10 Å². The van der Waals surface area contributed by atoms with Gasteiger partial charge in [-0.05, 0) is 19.1 Å². The summed E-state index contributed by atoms with van der Waals surface area (Å²) in [5, 5.41) is 15.7. The van der Waals surface area contributed by atoms with Gasteiger partial charge in [-0.3, -0.25) is 4.79 Å². The summed E-state index contributed by atoms with van der Waals surface area (Å²) in [6.07, 6.45) is 1.15. The number of carbonyl (C=O) groups is 2. The number of amides is 1. The minimum absolute atomic E-state index is 0.170. The lowest BCUT2D eigenvalue weighted by Crippen LogP contribution is -2.34. The summed E-state index contributed by atoms with van der Waals surface area (Å²) < 4.78 is 14.8. The van der Waals surface area contributed by atoms with Gasteiger partial charge in [-0.2, -0.15) is 0 Å². The van der Waals surface area contributed by atoms with Gasteiger partial charge in [0, 0.05) is 6.54 Å². The van der Waals surface area contributed by atoms with Crippen LogP contribution in [0.1, 0.15) is 17.4 Å². The number of aromatic nitrogens is 3. The van der Waals surface area contributed by atoms with Crippen molar-refractivity contribution in [3.63, 3.8) is 0 Å². The van der Waals surface area contributed by atoms with E-state index >= 15 is 0 Å². The molecule has 2 rings (SSSR count). The van der Waals surface area contributed by atoms with Crippen LogP contribution in [0, 0.1) is 5.82 Å². The second-order valence-electron chi connectivity index (χ2n) is 4.20. The molecule has 0 unspecified atom stereocenters. The Morgan fingerprint density at radius 1 is 1.38 bits per heavy atom. The first kappa shape index (κ1) is 14.6. The average molecular weight is 292 g/mol. The molecule has 1 N–H and O–H groups in total. The summed E-state index contributed by atoms with van der Waals surface area (Å²) in [5.41, 5.74) is -0.0830. The number of nitrogens with zero attached hydrogens (tertiary/aromatic N) is 4. The minimum Gasteiger partial charge on any atom is -0.476 e. The number of aromatic carboxylic acids is 1. The molecule has 7 nitrogen and oxygen atoms in total. The molecule has 0 atom stereocenters. The van der Waals surface area contributed by atoms with Crippen LogP contribution in [0.3, 0.4) is 0 Å². The van der Waals surface area contributed by atoms with E-state index in [0.717, 1.165) is 10.9 Å². The van der Waals surface area contributed by atoms with E-state index in [1.165, 1.54) is 23.1 Å². The van der Waals surface area contributed by atoms with Crippen molar-refractivity contribution in [1.29, 1.82) is 0 Å². The molecule has 0 aliphatic heterocycles. The van der Waals surface area contributed by atoms with Crippen molar-refractivity contribution in [2.45, 2.75) is 13.5 Å². The lowest BCUT2D eigenvalue weighted by Gasteiger charge is -2.21. The second-order valence-corrected chi connectivity index (χ2v) is 4.20. The van der Waals surface area contributed by atoms with Crippen LogP contribution in [0.5, 0.6) is 0 Å². The number of rotatable bonds is 5. The number of carbonyl (C=O) groups excluding carboxylic acids is 1. The second kappa shape index (κ2) is 6.12. The monoisotopic (exact) mass is 292 g/mol. The predicted octanol–water partition coefficient (Wildman–Crippen LogP) is 1.17. The van der Waals surface area contributed by atoms with Gasteiger partial charge >= 0.3 is 5.97 Å². The van der Waals surface area contributed by atoms with Gasteiger partial charge in [-0.25, -0.2) is 13.9 Å². The fourth-order valence-corrected chi connectivity index (χ4v) is 1.85. The van der Waals surface area contributed by atoms with Gasteiger partial charge in [0.15, 0.2) is 5.69 Å². The largest absolute Gasteiger partial charge is 0.476 e. The third-order valence-corrected chi connectivity index (χ3v) is 2.82. The molecule has 0 aliphatic rings. The quantitative estimate of drug-likeness (QED) is 0.893.